The average molecular weight is 473 g/mol. The minimum Gasteiger partial charge on any atom is -0.497 e. The fraction of sp³-hybridized carbons (Fsp3) is 0.148. The third-order valence-electron chi connectivity index (χ3n) is 5.22. The number of esters is 2. The normalized spacial score (nSPS) is 13.7. The summed E-state index contributed by atoms with van der Waals surface area (Å²) in [6.07, 6.45) is 1.62. The van der Waals surface area contributed by atoms with E-state index in [2.05, 4.69) is 4.99 Å². The minimum absolute atomic E-state index is 0.178. The molecule has 0 saturated carbocycles. The average Bonchev–Trinajstić information content (AvgIpc) is 3.27. The molecule has 8 heteroatoms. The number of ether oxygens (including phenoxy) is 5. The van der Waals surface area contributed by atoms with Crippen LogP contribution in [0.2, 0.25) is 0 Å². The molecule has 0 bridgehead atoms. The van der Waals surface area contributed by atoms with Crippen molar-refractivity contribution in [2.24, 2.45) is 4.99 Å². The zero-order valence-electron chi connectivity index (χ0n) is 19.4. The Morgan fingerprint density at radius 2 is 1.66 bits per heavy atom. The molecule has 0 N–H and O–H groups in total. The van der Waals surface area contributed by atoms with Gasteiger partial charge < -0.3 is 23.7 Å². The van der Waals surface area contributed by atoms with Gasteiger partial charge in [0.2, 0.25) is 5.90 Å². The Kier molecular flexibility index (Phi) is 7.11. The van der Waals surface area contributed by atoms with Gasteiger partial charge in [0.25, 0.3) is 0 Å². The van der Waals surface area contributed by atoms with Gasteiger partial charge in [-0.3, -0.25) is 0 Å². The van der Waals surface area contributed by atoms with Crippen molar-refractivity contribution in [1.29, 1.82) is 0 Å². The van der Waals surface area contributed by atoms with Crippen LogP contribution in [0.1, 0.15) is 27.0 Å². The lowest BCUT2D eigenvalue weighted by molar-refractivity contribution is -0.129. The molecule has 1 aliphatic rings. The van der Waals surface area contributed by atoms with Crippen molar-refractivity contribution in [1.82, 2.24) is 0 Å². The standard InChI is InChI=1S/C27H23NO7/c1-31-21-11-9-19(10-12-21)25-28-22(27(30)35-25)14-18-6-13-23(24(15-18)32-2)34-16-17-4-7-20(8-5-17)26(29)33-3/h4-15H,16H2,1-3H3/b22-14-. The van der Waals surface area contributed by atoms with Crippen LogP contribution in [0.15, 0.2) is 77.4 Å². The summed E-state index contributed by atoms with van der Waals surface area (Å²) in [6, 6.07) is 19.3. The van der Waals surface area contributed by atoms with E-state index in [9.17, 15) is 9.59 Å². The molecular formula is C27H23NO7. The maximum atomic E-state index is 12.3. The van der Waals surface area contributed by atoms with Crippen LogP contribution in [-0.2, 0) is 20.9 Å². The van der Waals surface area contributed by atoms with Crippen molar-refractivity contribution in [3.05, 3.63) is 94.7 Å². The van der Waals surface area contributed by atoms with Crippen molar-refractivity contribution < 1.29 is 33.3 Å². The van der Waals surface area contributed by atoms with Crippen molar-refractivity contribution in [3.63, 3.8) is 0 Å². The van der Waals surface area contributed by atoms with E-state index in [1.807, 2.05) is 0 Å². The summed E-state index contributed by atoms with van der Waals surface area (Å²) in [6.45, 7) is 0.278. The van der Waals surface area contributed by atoms with E-state index in [4.69, 9.17) is 23.7 Å². The second-order valence-electron chi connectivity index (χ2n) is 7.45. The number of nitrogens with zero attached hydrogens (tertiary/aromatic N) is 1. The molecule has 178 valence electrons. The molecule has 0 fully saturated rings. The SMILES string of the molecule is COC(=O)c1ccc(COc2ccc(/C=C3\N=C(c4ccc(OC)cc4)OC3=O)cc2OC)cc1. The monoisotopic (exact) mass is 473 g/mol. The van der Waals surface area contributed by atoms with Gasteiger partial charge >= 0.3 is 11.9 Å². The molecule has 4 rings (SSSR count). The van der Waals surface area contributed by atoms with Crippen molar-refractivity contribution in [2.75, 3.05) is 21.3 Å². The maximum Gasteiger partial charge on any atom is 0.363 e. The van der Waals surface area contributed by atoms with Crippen LogP contribution >= 0.6 is 0 Å². The molecule has 8 nitrogen and oxygen atoms in total. The molecule has 1 heterocycles. The van der Waals surface area contributed by atoms with Gasteiger partial charge in [0, 0.05) is 5.56 Å². The molecule has 3 aromatic carbocycles. The van der Waals surface area contributed by atoms with Crippen molar-refractivity contribution >= 4 is 23.9 Å². The van der Waals surface area contributed by atoms with E-state index in [0.717, 1.165) is 5.56 Å². The zero-order valence-corrected chi connectivity index (χ0v) is 19.4. The van der Waals surface area contributed by atoms with Gasteiger partial charge in [-0.2, -0.15) is 0 Å². The van der Waals surface area contributed by atoms with Crippen molar-refractivity contribution in [3.8, 4) is 17.2 Å². The third-order valence-corrected chi connectivity index (χ3v) is 5.22. The summed E-state index contributed by atoms with van der Waals surface area (Å²) in [7, 11) is 4.46. The number of benzene rings is 3. The molecule has 0 aliphatic carbocycles. The molecule has 1 aliphatic heterocycles. The Morgan fingerprint density at radius 3 is 2.31 bits per heavy atom. The molecule has 0 saturated heterocycles. The van der Waals surface area contributed by atoms with Crippen LogP contribution < -0.4 is 14.2 Å². The Labute approximate surface area is 202 Å². The Balaban J connectivity index is 1.48. The maximum absolute atomic E-state index is 12.3. The van der Waals surface area contributed by atoms with Gasteiger partial charge in [0.05, 0.1) is 26.9 Å². The van der Waals surface area contributed by atoms with Crippen LogP contribution in [-0.4, -0.2) is 39.2 Å². The summed E-state index contributed by atoms with van der Waals surface area (Å²) in [5, 5.41) is 0. The van der Waals surface area contributed by atoms with Gasteiger partial charge in [-0.05, 0) is 65.7 Å². The van der Waals surface area contributed by atoms with E-state index >= 15 is 0 Å². The summed E-state index contributed by atoms with van der Waals surface area (Å²) >= 11 is 0. The van der Waals surface area contributed by atoms with Gasteiger partial charge in [0.1, 0.15) is 12.4 Å². The second-order valence-corrected chi connectivity index (χ2v) is 7.45. The number of aliphatic imine (C=N–C) groups is 1. The van der Waals surface area contributed by atoms with Crippen LogP contribution in [0.3, 0.4) is 0 Å². The lowest BCUT2D eigenvalue weighted by atomic mass is 10.1. The zero-order chi connectivity index (χ0) is 24.8. The topological polar surface area (TPSA) is 92.7 Å². The number of cyclic esters (lactones) is 1. The van der Waals surface area contributed by atoms with E-state index in [1.165, 1.54) is 14.2 Å². The van der Waals surface area contributed by atoms with Gasteiger partial charge in [-0.15, -0.1) is 0 Å². The minimum atomic E-state index is -0.537. The fourth-order valence-corrected chi connectivity index (χ4v) is 3.33. The predicted molar refractivity (Wildman–Crippen MR) is 129 cm³/mol. The quantitative estimate of drug-likeness (QED) is 0.353. The molecule has 0 radical (unpaired) electrons. The number of hydrogen-bond donors (Lipinski definition) is 0. The molecule has 0 aromatic heterocycles. The molecular weight excluding hydrogens is 450 g/mol. The molecule has 0 amide bonds. The van der Waals surface area contributed by atoms with Crippen molar-refractivity contribution in [2.45, 2.75) is 6.61 Å². The molecule has 0 unspecified atom stereocenters. The Hall–Kier alpha value is -4.59. The highest BCUT2D eigenvalue weighted by molar-refractivity contribution is 6.12. The van der Waals surface area contributed by atoms with E-state index in [0.29, 0.717) is 33.9 Å². The number of carbonyl (C=O) groups is 2. The first-order chi connectivity index (χ1) is 17.0. The van der Waals surface area contributed by atoms with Crippen LogP contribution in [0.4, 0.5) is 0 Å². The van der Waals surface area contributed by atoms with E-state index in [1.54, 1.807) is 79.9 Å². The highest BCUT2D eigenvalue weighted by Gasteiger charge is 2.24. The highest BCUT2D eigenvalue weighted by Crippen LogP contribution is 2.30. The van der Waals surface area contributed by atoms with E-state index < -0.39 is 11.9 Å². The van der Waals surface area contributed by atoms with Gasteiger partial charge in [0.15, 0.2) is 17.2 Å². The Morgan fingerprint density at radius 1 is 0.914 bits per heavy atom. The number of carbonyl (C=O) groups excluding carboxylic acids is 2. The number of methoxy groups -OCH3 is 3. The molecule has 0 spiro atoms. The number of hydrogen-bond acceptors (Lipinski definition) is 8. The number of rotatable bonds is 8. The van der Waals surface area contributed by atoms with Crippen LogP contribution in [0.5, 0.6) is 17.2 Å². The summed E-state index contributed by atoms with van der Waals surface area (Å²) in [5.41, 5.74) is 2.89. The predicted octanol–water partition coefficient (Wildman–Crippen LogP) is 4.41. The second kappa shape index (κ2) is 10.6. The first-order valence-corrected chi connectivity index (χ1v) is 10.7. The summed E-state index contributed by atoms with van der Waals surface area (Å²) in [4.78, 5) is 28.2. The third kappa shape index (κ3) is 5.50. The highest BCUT2D eigenvalue weighted by atomic mass is 16.6. The fourth-order valence-electron chi connectivity index (χ4n) is 3.33. The lowest BCUT2D eigenvalue weighted by Crippen LogP contribution is -2.05. The molecule has 0 atom stereocenters. The lowest BCUT2D eigenvalue weighted by Gasteiger charge is -2.12. The summed E-state index contributed by atoms with van der Waals surface area (Å²) < 4.78 is 26.5. The molecule has 35 heavy (non-hydrogen) atoms. The van der Waals surface area contributed by atoms with Gasteiger partial charge in [-0.1, -0.05) is 18.2 Å². The van der Waals surface area contributed by atoms with Gasteiger partial charge in [-0.25, -0.2) is 14.6 Å². The Bertz CT molecular complexity index is 1290. The van der Waals surface area contributed by atoms with E-state index in [-0.39, 0.29) is 18.2 Å². The first-order valence-electron chi connectivity index (χ1n) is 10.7. The largest absolute Gasteiger partial charge is 0.497 e. The van der Waals surface area contributed by atoms with Crippen LogP contribution in [0, 0.1) is 0 Å². The molecule has 3 aromatic rings. The first kappa shape index (κ1) is 23.6. The summed E-state index contributed by atoms with van der Waals surface area (Å²) in [5.74, 6) is 1.02. The smallest absolute Gasteiger partial charge is 0.363 e. The van der Waals surface area contributed by atoms with Crippen LogP contribution in [0.25, 0.3) is 6.08 Å².